The molecule has 0 bridgehead atoms. The minimum atomic E-state index is -0.498. The first kappa shape index (κ1) is 5.82. The number of hydrogen-bond donors (Lipinski definition) is 0. The zero-order chi connectivity index (χ0) is 4.99. The van der Waals surface area contributed by atoms with Crippen molar-refractivity contribution < 1.29 is 4.79 Å². The molecule has 1 radical (unpaired) electrons. The lowest BCUT2D eigenvalue weighted by Crippen LogP contribution is -1.98. The SMILES string of the molecule is CSCC([NH])=O. The number of hydrogen-bond acceptors (Lipinski definition) is 2. The molecule has 0 aliphatic heterocycles. The molecule has 0 aromatic carbocycles. The highest BCUT2D eigenvalue weighted by Gasteiger charge is 1.86. The standard InChI is InChI=1S/C3H6NOS/c1-6-2-3(4)5/h4H,2H2,1H3. The monoisotopic (exact) mass is 104 g/mol. The van der Waals surface area contributed by atoms with E-state index >= 15 is 0 Å². The number of carbonyl (C=O) groups excluding carboxylic acids is 1. The van der Waals surface area contributed by atoms with Gasteiger partial charge in [0.25, 0.3) is 0 Å². The van der Waals surface area contributed by atoms with Crippen LogP contribution < -0.4 is 5.73 Å². The second-order valence-corrected chi connectivity index (χ2v) is 1.72. The van der Waals surface area contributed by atoms with Gasteiger partial charge in [0.1, 0.15) is 0 Å². The third-order valence-electron chi connectivity index (χ3n) is 0.275. The highest BCUT2D eigenvalue weighted by molar-refractivity contribution is 7.99. The van der Waals surface area contributed by atoms with Gasteiger partial charge >= 0.3 is 0 Å². The van der Waals surface area contributed by atoms with Gasteiger partial charge in [0.2, 0.25) is 5.91 Å². The Morgan fingerprint density at radius 1 is 2.00 bits per heavy atom. The summed E-state index contributed by atoms with van der Waals surface area (Å²) in [6.45, 7) is 0. The van der Waals surface area contributed by atoms with E-state index < -0.39 is 5.91 Å². The van der Waals surface area contributed by atoms with Gasteiger partial charge in [-0.05, 0) is 6.26 Å². The molecule has 0 aromatic rings. The Morgan fingerprint density at radius 3 is 2.50 bits per heavy atom. The third-order valence-corrected chi connectivity index (χ3v) is 0.826. The molecule has 3 heteroatoms. The fourth-order valence-electron chi connectivity index (χ4n) is 0.131. The largest absolute Gasteiger partial charge is 0.272 e. The van der Waals surface area contributed by atoms with Gasteiger partial charge < -0.3 is 0 Å². The first-order valence-electron chi connectivity index (χ1n) is 1.50. The molecular formula is C3H6NOS. The lowest BCUT2D eigenvalue weighted by Gasteiger charge is -1.79. The van der Waals surface area contributed by atoms with Crippen LogP contribution in [-0.4, -0.2) is 17.9 Å². The lowest BCUT2D eigenvalue weighted by atomic mass is 10.8. The Hall–Kier alpha value is -0.180. The van der Waals surface area contributed by atoms with Crippen molar-refractivity contribution in [2.75, 3.05) is 12.0 Å². The fourth-order valence-corrected chi connectivity index (χ4v) is 0.393. The first-order valence-corrected chi connectivity index (χ1v) is 2.90. The van der Waals surface area contributed by atoms with Gasteiger partial charge in [0, 0.05) is 0 Å². The molecule has 0 aliphatic carbocycles. The molecule has 0 saturated carbocycles. The van der Waals surface area contributed by atoms with Crippen LogP contribution in [0.4, 0.5) is 0 Å². The van der Waals surface area contributed by atoms with E-state index in [0.717, 1.165) is 0 Å². The summed E-state index contributed by atoms with van der Waals surface area (Å²) in [5.74, 6) is -0.178. The molecule has 0 spiro atoms. The lowest BCUT2D eigenvalue weighted by molar-refractivity contribution is -0.116. The highest BCUT2D eigenvalue weighted by atomic mass is 32.2. The predicted octanol–water partition coefficient (Wildman–Crippen LogP) is 0.159. The van der Waals surface area contributed by atoms with Crippen molar-refractivity contribution in [1.29, 1.82) is 0 Å². The summed E-state index contributed by atoms with van der Waals surface area (Å²) in [6.07, 6.45) is 1.80. The van der Waals surface area contributed by atoms with Crippen LogP contribution >= 0.6 is 11.8 Å². The van der Waals surface area contributed by atoms with Crippen molar-refractivity contribution in [2.24, 2.45) is 0 Å². The van der Waals surface area contributed by atoms with E-state index in [1.165, 1.54) is 11.8 Å². The van der Waals surface area contributed by atoms with E-state index in [1.54, 1.807) is 6.26 Å². The minimum absolute atomic E-state index is 0.319. The highest BCUT2D eigenvalue weighted by Crippen LogP contribution is 1.86. The van der Waals surface area contributed by atoms with E-state index in [0.29, 0.717) is 5.75 Å². The summed E-state index contributed by atoms with van der Waals surface area (Å²) in [4.78, 5) is 9.69. The Labute approximate surface area is 41.1 Å². The van der Waals surface area contributed by atoms with Gasteiger partial charge in [-0.2, -0.15) is 11.8 Å². The number of thioether (sulfide) groups is 1. The average molecular weight is 104 g/mol. The number of rotatable bonds is 2. The third kappa shape index (κ3) is 3.82. The van der Waals surface area contributed by atoms with Gasteiger partial charge in [-0.3, -0.25) is 10.5 Å². The molecule has 2 nitrogen and oxygen atoms in total. The first-order chi connectivity index (χ1) is 2.77. The van der Waals surface area contributed by atoms with Gasteiger partial charge in [-0.15, -0.1) is 0 Å². The molecular weight excluding hydrogens is 98.1 g/mol. The minimum Gasteiger partial charge on any atom is -0.272 e. The summed E-state index contributed by atoms with van der Waals surface area (Å²) >= 11 is 1.37. The van der Waals surface area contributed by atoms with Crippen LogP contribution in [0.3, 0.4) is 0 Å². The van der Waals surface area contributed by atoms with E-state index in [-0.39, 0.29) is 0 Å². The number of nitrogens with one attached hydrogen (secondary N) is 1. The zero-order valence-electron chi connectivity index (χ0n) is 3.52. The van der Waals surface area contributed by atoms with Crippen LogP contribution in [0.2, 0.25) is 0 Å². The second kappa shape index (κ2) is 3.03. The van der Waals surface area contributed by atoms with Gasteiger partial charge in [-0.1, -0.05) is 0 Å². The Balaban J connectivity index is 2.83. The van der Waals surface area contributed by atoms with Crippen LogP contribution in [0.15, 0.2) is 0 Å². The van der Waals surface area contributed by atoms with E-state index in [2.05, 4.69) is 0 Å². The van der Waals surface area contributed by atoms with Crippen molar-refractivity contribution in [1.82, 2.24) is 5.73 Å². The van der Waals surface area contributed by atoms with Crippen LogP contribution in [-0.2, 0) is 4.79 Å². The predicted molar refractivity (Wildman–Crippen MR) is 26.5 cm³/mol. The molecule has 0 saturated heterocycles. The Bertz CT molecular complexity index is 54.8. The van der Waals surface area contributed by atoms with Crippen molar-refractivity contribution >= 4 is 17.7 Å². The van der Waals surface area contributed by atoms with Gasteiger partial charge in [0.05, 0.1) is 5.75 Å². The molecule has 0 rings (SSSR count). The normalized spacial score (nSPS) is 8.17. The topological polar surface area (TPSA) is 40.9 Å². The molecule has 0 aromatic heterocycles. The molecule has 0 fully saturated rings. The molecule has 1 N–H and O–H groups in total. The molecule has 0 atom stereocenters. The zero-order valence-corrected chi connectivity index (χ0v) is 4.34. The quantitative estimate of drug-likeness (QED) is 0.500. The molecule has 6 heavy (non-hydrogen) atoms. The second-order valence-electron chi connectivity index (χ2n) is 0.856. The van der Waals surface area contributed by atoms with E-state index in [9.17, 15) is 4.79 Å². The summed E-state index contributed by atoms with van der Waals surface area (Å²) in [5, 5.41) is 0. The average Bonchev–Trinajstić information content (AvgIpc) is 1.35. The maximum atomic E-state index is 9.69. The van der Waals surface area contributed by atoms with Gasteiger partial charge in [0.15, 0.2) is 0 Å². The van der Waals surface area contributed by atoms with Crippen molar-refractivity contribution in [3.8, 4) is 0 Å². The van der Waals surface area contributed by atoms with E-state index in [4.69, 9.17) is 5.73 Å². The Kier molecular flexibility index (Phi) is 2.94. The van der Waals surface area contributed by atoms with Crippen molar-refractivity contribution in [3.05, 3.63) is 0 Å². The maximum Gasteiger partial charge on any atom is 0.248 e. The van der Waals surface area contributed by atoms with Crippen LogP contribution in [0.25, 0.3) is 0 Å². The molecule has 0 aliphatic rings. The van der Waals surface area contributed by atoms with Crippen molar-refractivity contribution in [3.63, 3.8) is 0 Å². The summed E-state index contributed by atoms with van der Waals surface area (Å²) in [6, 6.07) is 0. The Morgan fingerprint density at radius 2 is 2.50 bits per heavy atom. The molecule has 35 valence electrons. The number of carbonyl (C=O) groups is 1. The maximum absolute atomic E-state index is 9.69. The number of amides is 1. The fraction of sp³-hybridized carbons (Fsp3) is 0.667. The van der Waals surface area contributed by atoms with Crippen LogP contribution in [0.5, 0.6) is 0 Å². The van der Waals surface area contributed by atoms with Gasteiger partial charge in [-0.25, -0.2) is 0 Å². The van der Waals surface area contributed by atoms with Crippen LogP contribution in [0.1, 0.15) is 0 Å². The van der Waals surface area contributed by atoms with Crippen LogP contribution in [0, 0.1) is 0 Å². The molecule has 1 amide bonds. The molecule has 0 heterocycles. The summed E-state index contributed by atoms with van der Waals surface area (Å²) < 4.78 is 0. The molecule has 0 unspecified atom stereocenters. The smallest absolute Gasteiger partial charge is 0.248 e. The summed E-state index contributed by atoms with van der Waals surface area (Å²) in [5.41, 5.74) is 6.32. The van der Waals surface area contributed by atoms with Crippen molar-refractivity contribution in [2.45, 2.75) is 0 Å². The van der Waals surface area contributed by atoms with E-state index in [1.807, 2.05) is 0 Å². The summed E-state index contributed by atoms with van der Waals surface area (Å²) in [7, 11) is 0.